The third-order valence-corrected chi connectivity index (χ3v) is 3.27. The minimum absolute atomic E-state index is 0.651. The molecule has 0 aliphatic heterocycles. The van der Waals surface area contributed by atoms with Crippen LogP contribution < -0.4 is 0 Å². The molecular weight excluding hydrogens is 555 g/mol. The van der Waals surface area contributed by atoms with Crippen LogP contribution in [0, 0.1) is 0 Å². The lowest BCUT2D eigenvalue weighted by Crippen LogP contribution is -2.59. The SMILES string of the molecule is FCCOC(OCCCl)(OC(F)=C(F)F)C(Cl)(Cl)OC(OC(F)F)C(F)(F)OC(F)(F)F. The van der Waals surface area contributed by atoms with Gasteiger partial charge in [-0.3, -0.25) is 4.74 Å². The Bertz CT molecular complexity index is 596. The van der Waals surface area contributed by atoms with Crippen molar-refractivity contribution in [3.8, 4) is 0 Å². The van der Waals surface area contributed by atoms with Crippen molar-refractivity contribution in [2.75, 3.05) is 25.8 Å². The average Bonchev–Trinajstić information content (AvgIpc) is 2.60. The van der Waals surface area contributed by atoms with Gasteiger partial charge in [-0.05, 0) is 0 Å². The summed E-state index contributed by atoms with van der Waals surface area (Å²) in [5, 5.41) is 0. The molecule has 0 spiro atoms. The summed E-state index contributed by atoms with van der Waals surface area (Å²) in [6, 6.07) is -2.95. The quantitative estimate of drug-likeness (QED) is 0.109. The average molecular weight is 566 g/mol. The first-order chi connectivity index (χ1) is 14.4. The number of hydrogen-bond acceptors (Lipinski definition) is 6. The second kappa shape index (κ2) is 12.8. The Balaban J connectivity index is 6.36. The Morgan fingerprint density at radius 3 is 1.84 bits per heavy atom. The van der Waals surface area contributed by atoms with Crippen molar-refractivity contribution in [2.45, 2.75) is 35.9 Å². The van der Waals surface area contributed by atoms with Gasteiger partial charge in [0.1, 0.15) is 6.67 Å². The lowest BCUT2D eigenvalue weighted by atomic mass is 10.5. The smallest absolute Gasteiger partial charge is 0.405 e. The third kappa shape index (κ3) is 10.1. The van der Waals surface area contributed by atoms with Crippen LogP contribution in [0.25, 0.3) is 0 Å². The maximum absolute atomic E-state index is 13.7. The van der Waals surface area contributed by atoms with Crippen LogP contribution >= 0.6 is 34.8 Å². The van der Waals surface area contributed by atoms with Crippen molar-refractivity contribution < 1.29 is 76.7 Å². The molecule has 0 aliphatic rings. The van der Waals surface area contributed by atoms with Gasteiger partial charge < -0.3 is 18.9 Å². The van der Waals surface area contributed by atoms with Gasteiger partial charge in [0, 0.05) is 5.88 Å². The fourth-order valence-electron chi connectivity index (χ4n) is 1.51. The molecule has 0 N–H and O–H groups in total. The standard InChI is InChI=1S/C12H10Cl3F11O6/c13-1-3-27-11(28-4-2-16,30-6(19)5(17)18)10(14,15)31-7(29-8(20)21)9(22,23)32-12(24,25)26/h7-8H,1-4H2. The first kappa shape index (κ1) is 31.4. The van der Waals surface area contributed by atoms with E-state index in [0.717, 1.165) is 0 Å². The largest absolute Gasteiger partial charge is 0.527 e. The van der Waals surface area contributed by atoms with Crippen LogP contribution in [0.2, 0.25) is 0 Å². The van der Waals surface area contributed by atoms with Crippen LogP contribution in [-0.2, 0) is 28.4 Å². The predicted octanol–water partition coefficient (Wildman–Crippen LogP) is 5.78. The highest BCUT2D eigenvalue weighted by Gasteiger charge is 2.64. The normalized spacial score (nSPS) is 16.1. The van der Waals surface area contributed by atoms with Gasteiger partial charge in [-0.25, -0.2) is 9.13 Å². The van der Waals surface area contributed by atoms with E-state index in [2.05, 4.69) is 28.4 Å². The Kier molecular flexibility index (Phi) is 12.6. The zero-order chi connectivity index (χ0) is 25.4. The summed E-state index contributed by atoms with van der Waals surface area (Å²) in [6.07, 6.45) is -19.5. The topological polar surface area (TPSA) is 55.4 Å². The maximum atomic E-state index is 13.7. The lowest BCUT2D eigenvalue weighted by molar-refractivity contribution is -0.492. The van der Waals surface area contributed by atoms with Crippen molar-refractivity contribution in [1.82, 2.24) is 0 Å². The van der Waals surface area contributed by atoms with Gasteiger partial charge in [-0.2, -0.15) is 30.7 Å². The summed E-state index contributed by atoms with van der Waals surface area (Å²) in [6.45, 7) is -8.20. The van der Waals surface area contributed by atoms with Crippen molar-refractivity contribution in [3.05, 3.63) is 12.1 Å². The van der Waals surface area contributed by atoms with Gasteiger partial charge in [0.15, 0.2) is 0 Å². The van der Waals surface area contributed by atoms with Crippen LogP contribution in [0.1, 0.15) is 0 Å². The Morgan fingerprint density at radius 2 is 1.44 bits per heavy atom. The minimum Gasteiger partial charge on any atom is -0.405 e. The third-order valence-electron chi connectivity index (χ3n) is 2.48. The van der Waals surface area contributed by atoms with Gasteiger partial charge >= 0.3 is 41.7 Å². The molecule has 0 aromatic carbocycles. The second-order valence-corrected chi connectivity index (χ2v) is 6.38. The van der Waals surface area contributed by atoms with E-state index < -0.39 is 73.7 Å². The molecule has 0 fully saturated rings. The van der Waals surface area contributed by atoms with E-state index >= 15 is 0 Å². The molecule has 0 bridgehead atoms. The summed E-state index contributed by atoms with van der Waals surface area (Å²) in [5.74, 6) is -4.61. The number of ether oxygens (including phenoxy) is 6. The van der Waals surface area contributed by atoms with Crippen LogP contribution in [0.3, 0.4) is 0 Å². The zero-order valence-electron chi connectivity index (χ0n) is 14.7. The molecule has 32 heavy (non-hydrogen) atoms. The summed E-state index contributed by atoms with van der Waals surface area (Å²) in [7, 11) is 0. The summed E-state index contributed by atoms with van der Waals surface area (Å²) >= 11 is 16.0. The molecule has 0 rings (SSSR count). The summed E-state index contributed by atoms with van der Waals surface area (Å²) in [5.41, 5.74) is 0. The van der Waals surface area contributed by atoms with Crippen LogP contribution in [0.5, 0.6) is 0 Å². The fourth-order valence-corrected chi connectivity index (χ4v) is 2.04. The van der Waals surface area contributed by atoms with Crippen molar-refractivity contribution in [1.29, 1.82) is 0 Å². The van der Waals surface area contributed by atoms with Crippen LogP contribution in [-0.4, -0.2) is 61.6 Å². The van der Waals surface area contributed by atoms with Crippen molar-refractivity contribution in [3.63, 3.8) is 0 Å². The van der Waals surface area contributed by atoms with Crippen molar-refractivity contribution >= 4 is 34.8 Å². The molecule has 0 aliphatic carbocycles. The maximum Gasteiger partial charge on any atom is 0.527 e. The van der Waals surface area contributed by atoms with Gasteiger partial charge in [0.2, 0.25) is 0 Å². The fraction of sp³-hybridized carbons (Fsp3) is 0.833. The molecule has 6 nitrogen and oxygen atoms in total. The molecule has 0 aromatic heterocycles. The van der Waals surface area contributed by atoms with E-state index in [1.54, 1.807) is 0 Å². The van der Waals surface area contributed by atoms with E-state index in [4.69, 9.17) is 34.8 Å². The van der Waals surface area contributed by atoms with Crippen molar-refractivity contribution in [2.24, 2.45) is 0 Å². The molecule has 0 saturated heterocycles. The van der Waals surface area contributed by atoms with E-state index in [1.807, 2.05) is 0 Å². The van der Waals surface area contributed by atoms with Gasteiger partial charge in [-0.1, -0.05) is 23.2 Å². The highest BCUT2D eigenvalue weighted by molar-refractivity contribution is 6.47. The highest BCUT2D eigenvalue weighted by atomic mass is 35.5. The highest BCUT2D eigenvalue weighted by Crippen LogP contribution is 2.46. The molecule has 0 radical (unpaired) electrons. The number of hydrogen-bond donors (Lipinski definition) is 0. The van der Waals surface area contributed by atoms with Gasteiger partial charge in [0.25, 0.3) is 6.29 Å². The first-order valence-electron chi connectivity index (χ1n) is 7.36. The van der Waals surface area contributed by atoms with E-state index in [9.17, 15) is 48.3 Å². The molecule has 20 heteroatoms. The van der Waals surface area contributed by atoms with Gasteiger partial charge in [0.05, 0.1) is 13.2 Å². The molecule has 192 valence electrons. The number of alkyl halides is 11. The summed E-state index contributed by atoms with van der Waals surface area (Å²) in [4.78, 5) is 0. The van der Waals surface area contributed by atoms with E-state index in [1.165, 1.54) is 0 Å². The summed E-state index contributed by atoms with van der Waals surface area (Å²) < 4.78 is 158. The second-order valence-electron chi connectivity index (χ2n) is 4.74. The monoisotopic (exact) mass is 564 g/mol. The van der Waals surface area contributed by atoms with E-state index in [0.29, 0.717) is 0 Å². The predicted molar refractivity (Wildman–Crippen MR) is 81.3 cm³/mol. The number of halogens is 14. The molecular formula is C12H10Cl3F11O6. The molecule has 2 atom stereocenters. The molecule has 2 unspecified atom stereocenters. The molecule has 0 aromatic rings. The Labute approximate surface area is 185 Å². The Hall–Kier alpha value is -0.560. The van der Waals surface area contributed by atoms with Crippen LogP contribution in [0.4, 0.5) is 48.3 Å². The lowest BCUT2D eigenvalue weighted by Gasteiger charge is -2.41. The Morgan fingerprint density at radius 1 is 0.906 bits per heavy atom. The molecule has 0 amide bonds. The molecule has 0 heterocycles. The zero-order valence-corrected chi connectivity index (χ0v) is 17.0. The minimum atomic E-state index is -6.18. The first-order valence-corrected chi connectivity index (χ1v) is 8.65. The van der Waals surface area contributed by atoms with Gasteiger partial charge in [-0.15, -0.1) is 24.8 Å². The van der Waals surface area contributed by atoms with E-state index in [-0.39, 0.29) is 0 Å². The molecule has 0 saturated carbocycles. The number of rotatable bonds is 15. The van der Waals surface area contributed by atoms with Crippen LogP contribution in [0.15, 0.2) is 12.1 Å².